The second-order valence-electron chi connectivity index (χ2n) is 9.51. The van der Waals surface area contributed by atoms with Crippen molar-refractivity contribution in [1.29, 1.82) is 0 Å². The Kier molecular flexibility index (Phi) is 6.76. The Morgan fingerprint density at radius 2 is 1.88 bits per heavy atom. The second kappa shape index (κ2) is 9.59. The lowest BCUT2D eigenvalue weighted by Crippen LogP contribution is -2.60. The fourth-order valence-corrected chi connectivity index (χ4v) is 4.31. The van der Waals surface area contributed by atoms with E-state index in [1.54, 1.807) is 20.8 Å². The van der Waals surface area contributed by atoms with E-state index in [1.807, 2.05) is 30.3 Å². The maximum Gasteiger partial charge on any atom is 0.435 e. The number of hydrogen-bond donors (Lipinski definition) is 1. The van der Waals surface area contributed by atoms with Gasteiger partial charge in [-0.25, -0.2) is 14.4 Å². The van der Waals surface area contributed by atoms with E-state index in [-0.39, 0.29) is 25.7 Å². The Balaban J connectivity index is 1.46. The molecule has 34 heavy (non-hydrogen) atoms. The molecule has 4 rings (SSSR count). The quantitative estimate of drug-likeness (QED) is 0.506. The highest BCUT2D eigenvalue weighted by molar-refractivity contribution is 6.05. The van der Waals surface area contributed by atoms with Crippen molar-refractivity contribution in [1.82, 2.24) is 20.2 Å². The molecule has 1 aromatic rings. The number of benzene rings is 1. The first-order valence-corrected chi connectivity index (χ1v) is 11.4. The van der Waals surface area contributed by atoms with E-state index in [9.17, 15) is 19.2 Å². The van der Waals surface area contributed by atoms with Crippen LogP contribution in [0.1, 0.15) is 26.3 Å². The van der Waals surface area contributed by atoms with Crippen LogP contribution < -0.4 is 5.32 Å². The molecule has 3 saturated heterocycles. The monoisotopic (exact) mass is 474 g/mol. The fraction of sp³-hybridized carbons (Fsp3) is 0.565. The molecule has 11 nitrogen and oxygen atoms in total. The SMILES string of the molecule is CC(C)(C)OC(=O)C1CNCC2C(=O)N(OC(=O)N3CCOCC3Cc3ccccc3)C(=O)N12. The predicted octanol–water partition coefficient (Wildman–Crippen LogP) is 0.928. The van der Waals surface area contributed by atoms with Crippen LogP contribution in [-0.2, 0) is 30.3 Å². The van der Waals surface area contributed by atoms with E-state index >= 15 is 0 Å². The van der Waals surface area contributed by atoms with Gasteiger partial charge in [-0.2, -0.15) is 0 Å². The van der Waals surface area contributed by atoms with E-state index in [1.165, 1.54) is 4.90 Å². The fourth-order valence-electron chi connectivity index (χ4n) is 4.31. The Bertz CT molecular complexity index is 948. The number of imide groups is 1. The van der Waals surface area contributed by atoms with Crippen LogP contribution in [0.5, 0.6) is 0 Å². The third-order valence-electron chi connectivity index (χ3n) is 5.85. The summed E-state index contributed by atoms with van der Waals surface area (Å²) < 4.78 is 11.0. The number of esters is 1. The highest BCUT2D eigenvalue weighted by Crippen LogP contribution is 2.26. The van der Waals surface area contributed by atoms with Crippen molar-refractivity contribution in [2.75, 3.05) is 32.8 Å². The first-order chi connectivity index (χ1) is 16.2. The molecule has 0 aliphatic carbocycles. The number of fused-ring (bicyclic) bond motifs is 1. The average molecular weight is 475 g/mol. The van der Waals surface area contributed by atoms with Crippen molar-refractivity contribution >= 4 is 24.0 Å². The van der Waals surface area contributed by atoms with Crippen LogP contribution in [0.4, 0.5) is 9.59 Å². The molecule has 3 atom stereocenters. The van der Waals surface area contributed by atoms with Crippen molar-refractivity contribution in [2.45, 2.75) is 50.9 Å². The summed E-state index contributed by atoms with van der Waals surface area (Å²) in [5.41, 5.74) is 0.264. The molecule has 3 aliphatic heterocycles. The zero-order chi connectivity index (χ0) is 24.5. The first-order valence-electron chi connectivity index (χ1n) is 11.4. The summed E-state index contributed by atoms with van der Waals surface area (Å²) in [6.45, 7) is 6.34. The number of rotatable bonds is 4. The summed E-state index contributed by atoms with van der Waals surface area (Å²) in [5, 5.41) is 3.45. The summed E-state index contributed by atoms with van der Waals surface area (Å²) in [7, 11) is 0. The number of hydrogen-bond acceptors (Lipinski definition) is 8. The van der Waals surface area contributed by atoms with Crippen molar-refractivity contribution in [3.05, 3.63) is 35.9 Å². The van der Waals surface area contributed by atoms with E-state index in [4.69, 9.17) is 14.3 Å². The second-order valence-corrected chi connectivity index (χ2v) is 9.51. The molecule has 3 aliphatic rings. The number of carbonyl (C=O) groups excluding carboxylic acids is 4. The molecule has 184 valence electrons. The van der Waals surface area contributed by atoms with Crippen molar-refractivity contribution in [3.8, 4) is 0 Å². The lowest BCUT2D eigenvalue weighted by atomic mass is 10.0. The minimum Gasteiger partial charge on any atom is -0.458 e. The number of hydroxylamine groups is 2. The summed E-state index contributed by atoms with van der Waals surface area (Å²) in [6, 6.07) is 6.50. The van der Waals surface area contributed by atoms with Crippen LogP contribution >= 0.6 is 0 Å². The number of urea groups is 1. The van der Waals surface area contributed by atoms with Gasteiger partial charge in [0.1, 0.15) is 17.7 Å². The number of ether oxygens (including phenoxy) is 2. The van der Waals surface area contributed by atoms with Gasteiger partial charge in [-0.15, -0.1) is 0 Å². The molecule has 11 heteroatoms. The van der Waals surface area contributed by atoms with Gasteiger partial charge in [-0.05, 0) is 32.8 Å². The van der Waals surface area contributed by atoms with Crippen molar-refractivity contribution in [3.63, 3.8) is 0 Å². The zero-order valence-electron chi connectivity index (χ0n) is 19.6. The van der Waals surface area contributed by atoms with E-state index < -0.39 is 41.7 Å². The topological polar surface area (TPSA) is 118 Å². The van der Waals surface area contributed by atoms with Gasteiger partial charge < -0.3 is 19.6 Å². The highest BCUT2D eigenvalue weighted by Gasteiger charge is 2.55. The normalized spacial score (nSPS) is 25.3. The number of carbonyl (C=O) groups is 4. The first kappa shape index (κ1) is 24.0. The Morgan fingerprint density at radius 3 is 2.59 bits per heavy atom. The van der Waals surface area contributed by atoms with Crippen LogP contribution in [0.2, 0.25) is 0 Å². The maximum atomic E-state index is 13.1. The molecule has 0 saturated carbocycles. The van der Waals surface area contributed by atoms with Gasteiger partial charge in [0.15, 0.2) is 0 Å². The molecule has 0 bridgehead atoms. The third kappa shape index (κ3) is 5.00. The summed E-state index contributed by atoms with van der Waals surface area (Å²) >= 11 is 0. The average Bonchev–Trinajstić information content (AvgIpc) is 3.04. The van der Waals surface area contributed by atoms with E-state index in [0.717, 1.165) is 10.5 Å². The molecule has 0 spiro atoms. The molecular formula is C23H30N4O7. The smallest absolute Gasteiger partial charge is 0.435 e. The van der Waals surface area contributed by atoms with Gasteiger partial charge in [0.2, 0.25) is 0 Å². The molecule has 3 fully saturated rings. The lowest BCUT2D eigenvalue weighted by Gasteiger charge is -2.36. The number of nitrogens with zero attached hydrogens (tertiary/aromatic N) is 3. The van der Waals surface area contributed by atoms with Crippen molar-refractivity contribution in [2.24, 2.45) is 0 Å². The number of amides is 4. The van der Waals surface area contributed by atoms with Gasteiger partial charge in [0.25, 0.3) is 5.91 Å². The van der Waals surface area contributed by atoms with Crippen LogP contribution in [-0.4, -0.2) is 95.4 Å². The molecule has 1 N–H and O–H groups in total. The number of piperazine rings is 1. The van der Waals surface area contributed by atoms with Gasteiger partial charge >= 0.3 is 18.1 Å². The van der Waals surface area contributed by atoms with Crippen LogP contribution in [0.15, 0.2) is 30.3 Å². The predicted molar refractivity (Wildman–Crippen MR) is 118 cm³/mol. The molecule has 4 amide bonds. The standard InChI is InChI=1S/C23H30N4O7/c1-23(2,3)33-20(29)18-13-24-12-17-19(28)27(21(30)26(17)18)34-22(31)25-9-10-32-14-16(25)11-15-7-5-4-6-8-15/h4-8,16-18,24H,9-14H2,1-3H3. The van der Waals surface area contributed by atoms with Crippen LogP contribution in [0, 0.1) is 0 Å². The highest BCUT2D eigenvalue weighted by atomic mass is 16.7. The summed E-state index contributed by atoms with van der Waals surface area (Å²) in [4.78, 5) is 59.7. The number of morpholine rings is 1. The molecule has 0 radical (unpaired) electrons. The van der Waals surface area contributed by atoms with Gasteiger partial charge in [-0.1, -0.05) is 35.4 Å². The lowest BCUT2D eigenvalue weighted by molar-refractivity contribution is -0.161. The molecule has 0 aromatic heterocycles. The maximum absolute atomic E-state index is 13.1. The van der Waals surface area contributed by atoms with E-state index in [2.05, 4.69) is 5.32 Å². The Morgan fingerprint density at radius 1 is 1.15 bits per heavy atom. The minimum absolute atomic E-state index is 0.134. The minimum atomic E-state index is -1.01. The Hall–Kier alpha value is -3.18. The molecular weight excluding hydrogens is 444 g/mol. The van der Waals surface area contributed by atoms with Gasteiger partial charge in [0.05, 0.1) is 19.3 Å². The summed E-state index contributed by atoms with van der Waals surface area (Å²) in [6.07, 6.45) is -0.274. The number of nitrogens with one attached hydrogen (secondary N) is 1. The zero-order valence-corrected chi connectivity index (χ0v) is 19.6. The van der Waals surface area contributed by atoms with Crippen LogP contribution in [0.25, 0.3) is 0 Å². The molecule has 3 unspecified atom stereocenters. The summed E-state index contributed by atoms with van der Waals surface area (Å²) in [5.74, 6) is -1.33. The van der Waals surface area contributed by atoms with E-state index in [0.29, 0.717) is 24.7 Å². The van der Waals surface area contributed by atoms with Crippen molar-refractivity contribution < 1.29 is 33.5 Å². The third-order valence-corrected chi connectivity index (χ3v) is 5.85. The van der Waals surface area contributed by atoms with Gasteiger partial charge in [0, 0.05) is 19.6 Å². The van der Waals surface area contributed by atoms with Gasteiger partial charge in [-0.3, -0.25) is 14.6 Å². The van der Waals surface area contributed by atoms with Crippen LogP contribution in [0.3, 0.4) is 0 Å². The molecule has 3 heterocycles. The Labute approximate surface area is 197 Å². The molecule has 1 aromatic carbocycles. The largest absolute Gasteiger partial charge is 0.458 e.